The molecule has 4 rings (SSSR count). The van der Waals surface area contributed by atoms with E-state index in [9.17, 15) is 4.79 Å². The lowest BCUT2D eigenvalue weighted by molar-refractivity contribution is 0.0932. The fraction of sp³-hybridized carbons (Fsp3) is 0.323. The van der Waals surface area contributed by atoms with Crippen molar-refractivity contribution in [2.24, 2.45) is 0 Å². The van der Waals surface area contributed by atoms with E-state index in [0.29, 0.717) is 0 Å². The molecule has 0 aliphatic rings. The van der Waals surface area contributed by atoms with E-state index in [2.05, 4.69) is 116 Å². The van der Waals surface area contributed by atoms with E-state index in [1.54, 1.807) is 0 Å². The van der Waals surface area contributed by atoms with Crippen LogP contribution in [-0.2, 0) is 6.54 Å². The fourth-order valence-corrected chi connectivity index (χ4v) is 4.77. The molecule has 3 aromatic carbocycles. The predicted octanol–water partition coefficient (Wildman–Crippen LogP) is 6.14. The van der Waals surface area contributed by atoms with Crippen molar-refractivity contribution in [3.05, 3.63) is 106 Å². The van der Waals surface area contributed by atoms with E-state index in [-0.39, 0.29) is 17.9 Å². The van der Waals surface area contributed by atoms with Crippen LogP contribution in [0.4, 0.5) is 0 Å². The van der Waals surface area contributed by atoms with Gasteiger partial charge in [0.2, 0.25) is 0 Å². The molecule has 0 spiro atoms. The number of fused-ring (bicyclic) bond motifs is 1. The summed E-state index contributed by atoms with van der Waals surface area (Å²) < 4.78 is 2.22. The molecule has 1 heterocycles. The van der Waals surface area contributed by atoms with Crippen molar-refractivity contribution in [3.63, 3.8) is 0 Å². The van der Waals surface area contributed by atoms with Crippen molar-refractivity contribution in [2.45, 2.75) is 46.2 Å². The lowest BCUT2D eigenvalue weighted by atomic mass is 9.83. The molecule has 182 valence electrons. The van der Waals surface area contributed by atoms with Crippen LogP contribution in [-0.4, -0.2) is 42.1 Å². The molecule has 1 N–H and O–H groups in total. The van der Waals surface area contributed by atoms with Crippen molar-refractivity contribution >= 4 is 16.8 Å². The first kappa shape index (κ1) is 24.7. The predicted molar refractivity (Wildman–Crippen MR) is 146 cm³/mol. The standard InChI is InChI=1S/C31H37N3O/c1-21(2)32-31(35)30-29(26-9-7-8-10-27(26)34(30)20-19-33(5)6)28(24-15-11-22(3)12-16-24)25-17-13-23(4)14-18-25/h7-18,21,28H,19-20H2,1-6H3,(H,32,35). The molecule has 35 heavy (non-hydrogen) atoms. The largest absolute Gasteiger partial charge is 0.349 e. The Morgan fingerprint density at radius 2 is 1.40 bits per heavy atom. The number of nitrogens with zero attached hydrogens (tertiary/aromatic N) is 2. The zero-order valence-corrected chi connectivity index (χ0v) is 21.8. The summed E-state index contributed by atoms with van der Waals surface area (Å²) >= 11 is 0. The van der Waals surface area contributed by atoms with Gasteiger partial charge in [0.15, 0.2) is 0 Å². The first-order chi connectivity index (χ1) is 16.8. The second-order valence-electron chi connectivity index (χ2n) is 10.1. The highest BCUT2D eigenvalue weighted by Crippen LogP contribution is 2.40. The number of nitrogens with one attached hydrogen (secondary N) is 1. The van der Waals surface area contributed by atoms with Gasteiger partial charge in [-0.2, -0.15) is 0 Å². The number of hydrogen-bond donors (Lipinski definition) is 1. The number of benzene rings is 3. The fourth-order valence-electron chi connectivity index (χ4n) is 4.77. The summed E-state index contributed by atoms with van der Waals surface area (Å²) in [7, 11) is 4.14. The van der Waals surface area contributed by atoms with Gasteiger partial charge in [0.05, 0.1) is 0 Å². The maximum absolute atomic E-state index is 13.8. The number of likely N-dealkylation sites (N-methyl/N-ethyl adjacent to an activating group) is 1. The van der Waals surface area contributed by atoms with Crippen LogP contribution in [0.3, 0.4) is 0 Å². The van der Waals surface area contributed by atoms with Gasteiger partial charge in [-0.1, -0.05) is 77.9 Å². The lowest BCUT2D eigenvalue weighted by Gasteiger charge is -2.22. The highest BCUT2D eigenvalue weighted by molar-refractivity contribution is 6.03. The summed E-state index contributed by atoms with van der Waals surface area (Å²) in [5, 5.41) is 4.32. The second kappa shape index (κ2) is 10.5. The summed E-state index contributed by atoms with van der Waals surface area (Å²) in [6.07, 6.45) is 0. The van der Waals surface area contributed by atoms with Crippen LogP contribution in [0.5, 0.6) is 0 Å². The molecule has 4 nitrogen and oxygen atoms in total. The Morgan fingerprint density at radius 1 is 0.857 bits per heavy atom. The molecular formula is C31H37N3O. The van der Waals surface area contributed by atoms with Crippen molar-refractivity contribution < 1.29 is 4.79 Å². The van der Waals surface area contributed by atoms with Gasteiger partial charge in [0, 0.05) is 41.5 Å². The molecular weight excluding hydrogens is 430 g/mol. The molecule has 4 heteroatoms. The number of carbonyl (C=O) groups is 1. The first-order valence-electron chi connectivity index (χ1n) is 12.5. The number of aryl methyl sites for hydroxylation is 2. The molecule has 0 radical (unpaired) electrons. The normalized spacial score (nSPS) is 11.7. The third kappa shape index (κ3) is 5.33. The Morgan fingerprint density at radius 3 is 1.91 bits per heavy atom. The van der Waals surface area contributed by atoms with Gasteiger partial charge < -0.3 is 14.8 Å². The van der Waals surface area contributed by atoms with Crippen LogP contribution < -0.4 is 5.32 Å². The summed E-state index contributed by atoms with van der Waals surface area (Å²) in [5.41, 5.74) is 7.76. The zero-order valence-electron chi connectivity index (χ0n) is 21.8. The topological polar surface area (TPSA) is 37.3 Å². The molecule has 0 fully saturated rings. The molecule has 4 aromatic rings. The highest BCUT2D eigenvalue weighted by atomic mass is 16.2. The van der Waals surface area contributed by atoms with Gasteiger partial charge in [0.1, 0.15) is 5.69 Å². The van der Waals surface area contributed by atoms with Gasteiger partial charge in [-0.15, -0.1) is 0 Å². The number of amides is 1. The van der Waals surface area contributed by atoms with Gasteiger partial charge in [-0.05, 0) is 59.0 Å². The van der Waals surface area contributed by atoms with Gasteiger partial charge in [-0.3, -0.25) is 4.79 Å². The molecule has 0 bridgehead atoms. The number of carbonyl (C=O) groups excluding carboxylic acids is 1. The molecule has 1 aromatic heterocycles. The van der Waals surface area contributed by atoms with Crippen molar-refractivity contribution in [1.82, 2.24) is 14.8 Å². The van der Waals surface area contributed by atoms with E-state index in [1.807, 2.05) is 13.8 Å². The Balaban J connectivity index is 2.05. The molecule has 0 saturated carbocycles. The zero-order chi connectivity index (χ0) is 25.1. The minimum atomic E-state index is -0.0605. The Hall–Kier alpha value is -3.37. The van der Waals surface area contributed by atoms with Crippen LogP contribution in [0.25, 0.3) is 10.9 Å². The molecule has 0 unspecified atom stereocenters. The van der Waals surface area contributed by atoms with E-state index in [0.717, 1.165) is 35.2 Å². The van der Waals surface area contributed by atoms with Crippen LogP contribution in [0.1, 0.15) is 58.1 Å². The quantitative estimate of drug-likeness (QED) is 0.338. The SMILES string of the molecule is Cc1ccc(C(c2ccc(C)cc2)c2c(C(=O)NC(C)C)n(CCN(C)C)c3ccccc23)cc1. The minimum absolute atomic E-state index is 0.0193. The lowest BCUT2D eigenvalue weighted by Crippen LogP contribution is -2.33. The summed E-state index contributed by atoms with van der Waals surface area (Å²) in [5.74, 6) is -0.0798. The number of rotatable bonds is 8. The average Bonchev–Trinajstić information content (AvgIpc) is 3.14. The van der Waals surface area contributed by atoms with E-state index < -0.39 is 0 Å². The van der Waals surface area contributed by atoms with Crippen LogP contribution in [0.15, 0.2) is 72.8 Å². The molecule has 1 amide bonds. The molecule has 0 atom stereocenters. The maximum Gasteiger partial charge on any atom is 0.268 e. The second-order valence-corrected chi connectivity index (χ2v) is 10.1. The average molecular weight is 468 g/mol. The smallest absolute Gasteiger partial charge is 0.268 e. The first-order valence-corrected chi connectivity index (χ1v) is 12.5. The van der Waals surface area contributed by atoms with Crippen molar-refractivity contribution in [3.8, 4) is 0 Å². The Bertz CT molecular complexity index is 1250. The number of hydrogen-bond acceptors (Lipinski definition) is 2. The van der Waals surface area contributed by atoms with E-state index >= 15 is 0 Å². The Labute approximate surface area is 209 Å². The van der Waals surface area contributed by atoms with Gasteiger partial charge in [0.25, 0.3) is 5.91 Å². The highest BCUT2D eigenvalue weighted by Gasteiger charge is 2.30. The third-order valence-electron chi connectivity index (χ3n) is 6.53. The maximum atomic E-state index is 13.8. The number of para-hydroxylation sites is 1. The molecule has 0 aliphatic carbocycles. The van der Waals surface area contributed by atoms with Crippen molar-refractivity contribution in [1.29, 1.82) is 0 Å². The summed E-state index contributed by atoms with van der Waals surface area (Å²) in [4.78, 5) is 16.0. The summed E-state index contributed by atoms with van der Waals surface area (Å²) in [6.45, 7) is 9.84. The van der Waals surface area contributed by atoms with Gasteiger partial charge in [-0.25, -0.2) is 0 Å². The monoisotopic (exact) mass is 467 g/mol. The van der Waals surface area contributed by atoms with Crippen LogP contribution in [0.2, 0.25) is 0 Å². The Kier molecular flexibility index (Phi) is 7.42. The van der Waals surface area contributed by atoms with E-state index in [4.69, 9.17) is 0 Å². The van der Waals surface area contributed by atoms with Crippen molar-refractivity contribution in [2.75, 3.05) is 20.6 Å². The van der Waals surface area contributed by atoms with E-state index in [1.165, 1.54) is 22.3 Å². The minimum Gasteiger partial charge on any atom is -0.349 e. The van der Waals surface area contributed by atoms with Crippen LogP contribution >= 0.6 is 0 Å². The molecule has 0 aliphatic heterocycles. The third-order valence-corrected chi connectivity index (χ3v) is 6.53. The molecule has 0 saturated heterocycles. The summed E-state index contributed by atoms with van der Waals surface area (Å²) in [6, 6.07) is 26.0. The van der Waals surface area contributed by atoms with Gasteiger partial charge >= 0.3 is 0 Å². The number of aromatic nitrogens is 1. The van der Waals surface area contributed by atoms with Crippen LogP contribution in [0, 0.1) is 13.8 Å².